The van der Waals surface area contributed by atoms with Gasteiger partial charge in [-0.05, 0) is 30.5 Å². The summed E-state index contributed by atoms with van der Waals surface area (Å²) in [5.74, 6) is 0. The van der Waals surface area contributed by atoms with Crippen molar-refractivity contribution in [3.63, 3.8) is 0 Å². The van der Waals surface area contributed by atoms with Crippen molar-refractivity contribution in [3.05, 3.63) is 47.8 Å². The molecule has 0 saturated heterocycles. The van der Waals surface area contributed by atoms with Gasteiger partial charge in [0, 0.05) is 38.2 Å². The van der Waals surface area contributed by atoms with Gasteiger partial charge in [0.05, 0.1) is 12.0 Å². The molecule has 0 fully saturated rings. The van der Waals surface area contributed by atoms with Gasteiger partial charge in [-0.3, -0.25) is 4.98 Å². The van der Waals surface area contributed by atoms with Crippen LogP contribution in [-0.4, -0.2) is 14.5 Å². The third-order valence-corrected chi connectivity index (χ3v) is 3.02. The molecule has 0 atom stereocenters. The topological polar surface area (TPSA) is 42.7 Å². The van der Waals surface area contributed by atoms with Crippen molar-refractivity contribution in [1.82, 2.24) is 19.9 Å². The number of pyridine rings is 1. The highest BCUT2D eigenvalue weighted by molar-refractivity contribution is 5.21. The third kappa shape index (κ3) is 3.17. The molecule has 0 aliphatic heterocycles. The zero-order chi connectivity index (χ0) is 12.8. The minimum absolute atomic E-state index is 0.849. The standard InChI is InChI=1S/C14H20N4/c1-3-6-18-11-17-10-14(18)9-16-8-13-4-5-15-7-12(13)2/h4-5,7,10-11,16H,3,6,8-9H2,1-2H3. The molecular formula is C14H20N4. The quantitative estimate of drug-likeness (QED) is 0.847. The average Bonchev–Trinajstić information content (AvgIpc) is 2.80. The van der Waals surface area contributed by atoms with E-state index in [1.54, 1.807) is 0 Å². The lowest BCUT2D eigenvalue weighted by Crippen LogP contribution is -2.16. The molecule has 0 unspecified atom stereocenters. The van der Waals surface area contributed by atoms with E-state index in [2.05, 4.69) is 39.8 Å². The monoisotopic (exact) mass is 244 g/mol. The highest BCUT2D eigenvalue weighted by atomic mass is 15.1. The molecule has 0 saturated carbocycles. The highest BCUT2D eigenvalue weighted by Gasteiger charge is 2.01. The molecule has 0 spiro atoms. The minimum atomic E-state index is 0.849. The van der Waals surface area contributed by atoms with E-state index in [1.807, 2.05) is 24.9 Å². The zero-order valence-electron chi connectivity index (χ0n) is 11.1. The molecule has 0 aliphatic carbocycles. The Hall–Kier alpha value is -1.68. The normalized spacial score (nSPS) is 10.8. The van der Waals surface area contributed by atoms with Crippen LogP contribution < -0.4 is 5.32 Å². The fraction of sp³-hybridized carbons (Fsp3) is 0.429. The van der Waals surface area contributed by atoms with Crippen molar-refractivity contribution < 1.29 is 0 Å². The lowest BCUT2D eigenvalue weighted by molar-refractivity contribution is 0.600. The maximum atomic E-state index is 4.20. The number of aromatic nitrogens is 3. The van der Waals surface area contributed by atoms with Gasteiger partial charge in [0.25, 0.3) is 0 Å². The summed E-state index contributed by atoms with van der Waals surface area (Å²) in [6, 6.07) is 2.06. The van der Waals surface area contributed by atoms with Crippen molar-refractivity contribution in [2.24, 2.45) is 0 Å². The number of nitrogens with one attached hydrogen (secondary N) is 1. The van der Waals surface area contributed by atoms with Gasteiger partial charge in [-0.25, -0.2) is 4.98 Å². The van der Waals surface area contributed by atoms with Gasteiger partial charge in [0.2, 0.25) is 0 Å². The first-order valence-corrected chi connectivity index (χ1v) is 6.40. The van der Waals surface area contributed by atoms with Gasteiger partial charge < -0.3 is 9.88 Å². The van der Waals surface area contributed by atoms with Crippen LogP contribution in [0.1, 0.15) is 30.2 Å². The van der Waals surface area contributed by atoms with Crippen LogP contribution in [0.15, 0.2) is 31.0 Å². The molecule has 1 N–H and O–H groups in total. The first-order chi connectivity index (χ1) is 8.81. The molecule has 0 aromatic carbocycles. The molecule has 2 aromatic heterocycles. The number of rotatable bonds is 6. The van der Waals surface area contributed by atoms with Crippen LogP contribution >= 0.6 is 0 Å². The minimum Gasteiger partial charge on any atom is -0.333 e. The van der Waals surface area contributed by atoms with Crippen molar-refractivity contribution in [1.29, 1.82) is 0 Å². The van der Waals surface area contributed by atoms with E-state index in [0.717, 1.165) is 26.1 Å². The fourth-order valence-electron chi connectivity index (χ4n) is 1.96. The van der Waals surface area contributed by atoms with E-state index >= 15 is 0 Å². The summed E-state index contributed by atoms with van der Waals surface area (Å²) in [7, 11) is 0. The second kappa shape index (κ2) is 6.31. The first-order valence-electron chi connectivity index (χ1n) is 6.40. The van der Waals surface area contributed by atoms with E-state index in [1.165, 1.54) is 16.8 Å². The Morgan fingerprint density at radius 3 is 2.89 bits per heavy atom. The number of hydrogen-bond acceptors (Lipinski definition) is 3. The maximum absolute atomic E-state index is 4.20. The smallest absolute Gasteiger partial charge is 0.0948 e. The van der Waals surface area contributed by atoms with Crippen LogP contribution in [0.2, 0.25) is 0 Å². The molecule has 96 valence electrons. The Balaban J connectivity index is 1.88. The van der Waals surface area contributed by atoms with E-state index < -0.39 is 0 Å². The molecule has 4 heteroatoms. The Bertz CT molecular complexity index is 490. The number of nitrogens with zero attached hydrogens (tertiary/aromatic N) is 3. The van der Waals surface area contributed by atoms with Gasteiger partial charge in [-0.15, -0.1) is 0 Å². The largest absolute Gasteiger partial charge is 0.333 e. The van der Waals surface area contributed by atoms with Gasteiger partial charge in [0.15, 0.2) is 0 Å². The summed E-state index contributed by atoms with van der Waals surface area (Å²) in [6.07, 6.45) is 8.71. The molecule has 2 heterocycles. The van der Waals surface area contributed by atoms with E-state index in [4.69, 9.17) is 0 Å². The highest BCUT2D eigenvalue weighted by Crippen LogP contribution is 2.05. The first kappa shape index (κ1) is 12.8. The fourth-order valence-corrected chi connectivity index (χ4v) is 1.96. The Morgan fingerprint density at radius 1 is 1.22 bits per heavy atom. The molecule has 4 nitrogen and oxygen atoms in total. The van der Waals surface area contributed by atoms with Crippen molar-refractivity contribution in [2.45, 2.75) is 39.9 Å². The predicted molar refractivity (Wildman–Crippen MR) is 72.0 cm³/mol. The van der Waals surface area contributed by atoms with Gasteiger partial charge in [0.1, 0.15) is 0 Å². The summed E-state index contributed by atoms with van der Waals surface area (Å²) in [6.45, 7) is 7.02. The summed E-state index contributed by atoms with van der Waals surface area (Å²) in [5, 5.41) is 3.46. The predicted octanol–water partition coefficient (Wildman–Crippen LogP) is 2.29. The number of aryl methyl sites for hydroxylation is 2. The van der Waals surface area contributed by atoms with E-state index in [-0.39, 0.29) is 0 Å². The Labute approximate surface area is 108 Å². The molecule has 2 rings (SSSR count). The Morgan fingerprint density at radius 2 is 2.11 bits per heavy atom. The molecule has 0 bridgehead atoms. The summed E-state index contributed by atoms with van der Waals surface area (Å²) in [5.41, 5.74) is 3.77. The van der Waals surface area contributed by atoms with E-state index in [9.17, 15) is 0 Å². The van der Waals surface area contributed by atoms with Gasteiger partial charge in [-0.2, -0.15) is 0 Å². The van der Waals surface area contributed by atoms with Crippen molar-refractivity contribution >= 4 is 0 Å². The average molecular weight is 244 g/mol. The second-order valence-corrected chi connectivity index (χ2v) is 4.48. The summed E-state index contributed by atoms with van der Waals surface area (Å²) in [4.78, 5) is 8.30. The lowest BCUT2D eigenvalue weighted by Gasteiger charge is -2.09. The van der Waals surface area contributed by atoms with Crippen molar-refractivity contribution in [3.8, 4) is 0 Å². The third-order valence-electron chi connectivity index (χ3n) is 3.02. The van der Waals surface area contributed by atoms with Crippen LogP contribution in [0, 0.1) is 6.92 Å². The zero-order valence-corrected chi connectivity index (χ0v) is 11.1. The van der Waals surface area contributed by atoms with Crippen LogP contribution in [0.25, 0.3) is 0 Å². The number of imidazole rings is 1. The molecule has 18 heavy (non-hydrogen) atoms. The van der Waals surface area contributed by atoms with E-state index in [0.29, 0.717) is 0 Å². The van der Waals surface area contributed by atoms with Crippen LogP contribution in [0.5, 0.6) is 0 Å². The molecule has 2 aromatic rings. The van der Waals surface area contributed by atoms with Crippen LogP contribution in [0.4, 0.5) is 0 Å². The van der Waals surface area contributed by atoms with Crippen LogP contribution in [0.3, 0.4) is 0 Å². The molecule has 0 amide bonds. The summed E-state index contributed by atoms with van der Waals surface area (Å²) < 4.78 is 2.20. The van der Waals surface area contributed by atoms with Gasteiger partial charge >= 0.3 is 0 Å². The number of hydrogen-bond donors (Lipinski definition) is 1. The second-order valence-electron chi connectivity index (χ2n) is 4.48. The SMILES string of the molecule is CCCn1cncc1CNCc1ccncc1C. The molecule has 0 aliphatic rings. The Kier molecular flexibility index (Phi) is 4.47. The van der Waals surface area contributed by atoms with Crippen LogP contribution in [-0.2, 0) is 19.6 Å². The van der Waals surface area contributed by atoms with Gasteiger partial charge in [-0.1, -0.05) is 6.92 Å². The maximum Gasteiger partial charge on any atom is 0.0948 e. The summed E-state index contributed by atoms with van der Waals surface area (Å²) >= 11 is 0. The molecular weight excluding hydrogens is 224 g/mol. The molecule has 0 radical (unpaired) electrons. The van der Waals surface area contributed by atoms with Crippen molar-refractivity contribution in [2.75, 3.05) is 0 Å². The lowest BCUT2D eigenvalue weighted by atomic mass is 10.1.